The molecule has 138 valence electrons. The van der Waals surface area contributed by atoms with Crippen LogP contribution in [0.15, 0.2) is 0 Å². The number of aromatic nitrogens is 2. The summed E-state index contributed by atoms with van der Waals surface area (Å²) in [5.74, 6) is -0.572. The number of urea groups is 1. The van der Waals surface area contributed by atoms with Gasteiger partial charge < -0.3 is 16.4 Å². The number of amides is 3. The van der Waals surface area contributed by atoms with Crippen molar-refractivity contribution in [3.8, 4) is 0 Å². The fraction of sp³-hybridized carbons (Fsp3) is 0.643. The fourth-order valence-corrected chi connectivity index (χ4v) is 3.23. The van der Waals surface area contributed by atoms with E-state index < -0.39 is 24.7 Å². The molecule has 3 heterocycles. The third-order valence-electron chi connectivity index (χ3n) is 4.34. The highest BCUT2D eigenvalue weighted by molar-refractivity contribution is 6.06. The molecule has 2 aliphatic rings. The van der Waals surface area contributed by atoms with Crippen molar-refractivity contribution in [2.45, 2.75) is 25.7 Å². The van der Waals surface area contributed by atoms with Crippen LogP contribution in [0.25, 0.3) is 0 Å². The van der Waals surface area contributed by atoms with Crippen LogP contribution >= 0.6 is 0 Å². The highest BCUT2D eigenvalue weighted by Gasteiger charge is 2.35. The van der Waals surface area contributed by atoms with Crippen molar-refractivity contribution in [1.82, 2.24) is 25.3 Å². The molecular weight excluding hydrogens is 341 g/mol. The van der Waals surface area contributed by atoms with Gasteiger partial charge in [0.05, 0.1) is 23.5 Å². The fourth-order valence-electron chi connectivity index (χ4n) is 3.23. The zero-order valence-electron chi connectivity index (χ0n) is 13.4. The number of rotatable bonds is 3. The Morgan fingerprint density at radius 2 is 2.20 bits per heavy atom. The Kier molecular flexibility index (Phi) is 4.69. The Morgan fingerprint density at radius 3 is 2.88 bits per heavy atom. The van der Waals surface area contributed by atoms with Gasteiger partial charge in [0.1, 0.15) is 0 Å². The van der Waals surface area contributed by atoms with E-state index in [1.807, 2.05) is 0 Å². The quantitative estimate of drug-likeness (QED) is 0.694. The van der Waals surface area contributed by atoms with Gasteiger partial charge in [0, 0.05) is 45.1 Å². The van der Waals surface area contributed by atoms with Crippen molar-refractivity contribution in [2.75, 3.05) is 26.2 Å². The highest BCUT2D eigenvalue weighted by atomic mass is 19.4. The van der Waals surface area contributed by atoms with Crippen LogP contribution in [-0.4, -0.2) is 59.0 Å². The van der Waals surface area contributed by atoms with Crippen LogP contribution in [0.5, 0.6) is 0 Å². The number of halogens is 3. The molecule has 25 heavy (non-hydrogen) atoms. The number of hydrogen-bond donors (Lipinski definition) is 3. The maximum Gasteiger partial charge on any atom is 0.401 e. The number of carbonyl (C=O) groups excluding carboxylic acids is 2. The van der Waals surface area contributed by atoms with E-state index in [1.54, 1.807) is 4.68 Å². The van der Waals surface area contributed by atoms with Gasteiger partial charge in [-0.1, -0.05) is 0 Å². The molecule has 1 atom stereocenters. The van der Waals surface area contributed by atoms with Gasteiger partial charge in [-0.15, -0.1) is 0 Å². The lowest BCUT2D eigenvalue weighted by atomic mass is 10.0. The van der Waals surface area contributed by atoms with Gasteiger partial charge in [0.2, 0.25) is 0 Å². The summed E-state index contributed by atoms with van der Waals surface area (Å²) in [6.45, 7) is 0.564. The SMILES string of the molecule is NC(=O)N1CCc2nn3c(c2C1=O)CNCC(CNCC(F)(F)F)C3. The van der Waals surface area contributed by atoms with E-state index in [4.69, 9.17) is 5.73 Å². The predicted molar refractivity (Wildman–Crippen MR) is 80.7 cm³/mol. The van der Waals surface area contributed by atoms with E-state index in [0.29, 0.717) is 43.0 Å². The third kappa shape index (κ3) is 3.76. The summed E-state index contributed by atoms with van der Waals surface area (Å²) in [6.07, 6.45) is -3.83. The molecule has 0 radical (unpaired) electrons. The number of nitrogens with one attached hydrogen (secondary N) is 2. The number of fused-ring (bicyclic) bond motifs is 3. The molecule has 3 rings (SSSR count). The number of hydrogen-bond acceptors (Lipinski definition) is 5. The summed E-state index contributed by atoms with van der Waals surface area (Å²) in [5, 5.41) is 9.97. The van der Waals surface area contributed by atoms with Crippen LogP contribution in [-0.2, 0) is 19.5 Å². The first-order chi connectivity index (χ1) is 11.8. The third-order valence-corrected chi connectivity index (χ3v) is 4.34. The molecule has 4 N–H and O–H groups in total. The standard InChI is InChI=1S/C14H19F3N6O2/c15-14(16,17)7-20-4-8-3-19-5-10-11-9(21-23(10)6-8)1-2-22(12(11)24)13(18)25/h8,19-20H,1-7H2,(H2,18,25). The minimum Gasteiger partial charge on any atom is -0.351 e. The van der Waals surface area contributed by atoms with Crippen molar-refractivity contribution < 1.29 is 22.8 Å². The lowest BCUT2D eigenvalue weighted by Gasteiger charge is -2.22. The smallest absolute Gasteiger partial charge is 0.351 e. The lowest BCUT2D eigenvalue weighted by molar-refractivity contribution is -0.125. The van der Waals surface area contributed by atoms with Crippen molar-refractivity contribution in [3.63, 3.8) is 0 Å². The number of alkyl halides is 3. The summed E-state index contributed by atoms with van der Waals surface area (Å²) in [6, 6.07) is -0.800. The van der Waals surface area contributed by atoms with Gasteiger partial charge >= 0.3 is 12.2 Å². The van der Waals surface area contributed by atoms with Crippen LogP contribution < -0.4 is 16.4 Å². The van der Waals surface area contributed by atoms with Gasteiger partial charge in [-0.3, -0.25) is 14.4 Å². The van der Waals surface area contributed by atoms with E-state index in [2.05, 4.69) is 15.7 Å². The molecule has 0 saturated heterocycles. The van der Waals surface area contributed by atoms with E-state index in [9.17, 15) is 22.8 Å². The van der Waals surface area contributed by atoms with Gasteiger partial charge in [-0.05, 0) is 0 Å². The van der Waals surface area contributed by atoms with E-state index >= 15 is 0 Å². The predicted octanol–water partition coefficient (Wildman–Crippen LogP) is -0.169. The van der Waals surface area contributed by atoms with Gasteiger partial charge in [-0.2, -0.15) is 18.3 Å². The Hall–Kier alpha value is -2.14. The minimum absolute atomic E-state index is 0.104. The molecule has 3 amide bonds. The van der Waals surface area contributed by atoms with E-state index in [0.717, 1.165) is 4.90 Å². The molecule has 8 nitrogen and oxygen atoms in total. The normalized spacial score (nSPS) is 20.8. The minimum atomic E-state index is -4.25. The van der Waals surface area contributed by atoms with Crippen LogP contribution in [0.3, 0.4) is 0 Å². The molecule has 0 saturated carbocycles. The zero-order chi connectivity index (χ0) is 18.2. The van der Waals surface area contributed by atoms with Crippen molar-refractivity contribution in [2.24, 2.45) is 11.7 Å². The zero-order valence-corrected chi connectivity index (χ0v) is 13.4. The number of nitrogens with zero attached hydrogens (tertiary/aromatic N) is 3. The molecule has 2 aliphatic heterocycles. The molecule has 0 aromatic carbocycles. The maximum absolute atomic E-state index is 12.5. The molecule has 0 aliphatic carbocycles. The average Bonchev–Trinajstić information content (AvgIpc) is 2.72. The number of carbonyl (C=O) groups is 2. The topological polar surface area (TPSA) is 105 Å². The maximum atomic E-state index is 12.5. The van der Waals surface area contributed by atoms with Crippen LogP contribution in [0, 0.1) is 5.92 Å². The Labute approximate surface area is 141 Å². The monoisotopic (exact) mass is 360 g/mol. The molecule has 11 heteroatoms. The Balaban J connectivity index is 1.75. The van der Waals surface area contributed by atoms with Crippen molar-refractivity contribution >= 4 is 11.9 Å². The number of primary amides is 1. The van der Waals surface area contributed by atoms with E-state index in [-0.39, 0.29) is 19.0 Å². The second kappa shape index (κ2) is 6.64. The molecule has 1 aromatic heterocycles. The van der Waals surface area contributed by atoms with Gasteiger partial charge in [0.25, 0.3) is 5.91 Å². The molecule has 0 fully saturated rings. The first kappa shape index (κ1) is 17.7. The Morgan fingerprint density at radius 1 is 1.44 bits per heavy atom. The first-order valence-electron chi connectivity index (χ1n) is 7.94. The van der Waals surface area contributed by atoms with Crippen LogP contribution in [0.1, 0.15) is 21.7 Å². The molecule has 0 spiro atoms. The molecule has 0 bridgehead atoms. The molecule has 1 unspecified atom stereocenters. The largest absolute Gasteiger partial charge is 0.401 e. The summed E-state index contributed by atoms with van der Waals surface area (Å²) in [7, 11) is 0. The lowest BCUT2D eigenvalue weighted by Crippen LogP contribution is -2.45. The second-order valence-corrected chi connectivity index (χ2v) is 6.24. The van der Waals surface area contributed by atoms with Crippen LogP contribution in [0.4, 0.5) is 18.0 Å². The van der Waals surface area contributed by atoms with Crippen molar-refractivity contribution in [1.29, 1.82) is 0 Å². The van der Waals surface area contributed by atoms with Gasteiger partial charge in [0.15, 0.2) is 0 Å². The summed E-state index contributed by atoms with van der Waals surface area (Å²) in [4.78, 5) is 24.8. The number of imide groups is 1. The number of nitrogens with two attached hydrogens (primary N) is 1. The molecular formula is C14H19F3N6O2. The van der Waals surface area contributed by atoms with Gasteiger partial charge in [-0.25, -0.2) is 4.79 Å². The highest BCUT2D eigenvalue weighted by Crippen LogP contribution is 2.24. The second-order valence-electron chi connectivity index (χ2n) is 6.24. The van der Waals surface area contributed by atoms with Crippen LogP contribution in [0.2, 0.25) is 0 Å². The molecule has 1 aromatic rings. The van der Waals surface area contributed by atoms with Crippen molar-refractivity contribution in [3.05, 3.63) is 17.0 Å². The average molecular weight is 360 g/mol. The van der Waals surface area contributed by atoms with E-state index in [1.165, 1.54) is 0 Å². The summed E-state index contributed by atoms with van der Waals surface area (Å²) in [5.41, 5.74) is 6.84. The summed E-state index contributed by atoms with van der Waals surface area (Å²) >= 11 is 0. The Bertz CT molecular complexity index is 687. The first-order valence-corrected chi connectivity index (χ1v) is 7.94. The summed E-state index contributed by atoms with van der Waals surface area (Å²) < 4.78 is 38.4.